The van der Waals surface area contributed by atoms with Gasteiger partial charge in [-0.15, -0.1) is 0 Å². The summed E-state index contributed by atoms with van der Waals surface area (Å²) in [6.07, 6.45) is 55.1. The van der Waals surface area contributed by atoms with E-state index >= 15 is 0 Å². The van der Waals surface area contributed by atoms with Gasteiger partial charge in [0, 0.05) is 6.42 Å². The van der Waals surface area contributed by atoms with Gasteiger partial charge in [0.2, 0.25) is 5.91 Å². The molecule has 8 nitrogen and oxygen atoms in total. The Hall–Kier alpha value is -1.54. The topological polar surface area (TPSA) is 108 Å². The molecule has 0 aliphatic heterocycles. The van der Waals surface area contributed by atoms with E-state index in [2.05, 4.69) is 55.6 Å². The monoisotopic (exact) mass is 865 g/mol. The number of carbonyl (C=O) groups is 1. The second-order valence-electron chi connectivity index (χ2n) is 18.2. The van der Waals surface area contributed by atoms with Crippen molar-refractivity contribution < 1.29 is 32.9 Å². The van der Waals surface area contributed by atoms with Crippen molar-refractivity contribution in [2.24, 2.45) is 0 Å². The van der Waals surface area contributed by atoms with E-state index in [0.717, 1.165) is 51.4 Å². The lowest BCUT2D eigenvalue weighted by molar-refractivity contribution is -0.870. The number of aliphatic hydroxyl groups excluding tert-OH is 1. The highest BCUT2D eigenvalue weighted by atomic mass is 31.2. The highest BCUT2D eigenvalue weighted by Gasteiger charge is 2.23. The molecule has 60 heavy (non-hydrogen) atoms. The van der Waals surface area contributed by atoms with E-state index in [9.17, 15) is 19.4 Å². The highest BCUT2D eigenvalue weighted by molar-refractivity contribution is 7.45. The number of nitrogens with one attached hydrogen (secondary N) is 1. The van der Waals surface area contributed by atoms with E-state index in [4.69, 9.17) is 9.05 Å². The van der Waals surface area contributed by atoms with Crippen molar-refractivity contribution in [3.8, 4) is 0 Å². The quantitative estimate of drug-likeness (QED) is 0.0273. The fraction of sp³-hybridized carbons (Fsp3) is 0.824. The van der Waals surface area contributed by atoms with Crippen LogP contribution in [-0.4, -0.2) is 68.5 Å². The van der Waals surface area contributed by atoms with E-state index in [1.54, 1.807) is 6.08 Å². The van der Waals surface area contributed by atoms with Gasteiger partial charge in [0.15, 0.2) is 0 Å². The van der Waals surface area contributed by atoms with Gasteiger partial charge in [-0.25, -0.2) is 0 Å². The average Bonchev–Trinajstić information content (AvgIpc) is 3.20. The normalized spacial score (nSPS) is 14.6. The van der Waals surface area contributed by atoms with Crippen LogP contribution in [0.15, 0.2) is 48.6 Å². The number of unbranched alkanes of at least 4 members (excludes halogenated alkanes) is 26. The zero-order valence-corrected chi connectivity index (χ0v) is 40.8. The number of hydrogen-bond acceptors (Lipinski definition) is 6. The van der Waals surface area contributed by atoms with Crippen LogP contribution < -0.4 is 10.2 Å². The Balaban J connectivity index is 3.92. The molecule has 0 aromatic heterocycles. The number of hydrogen-bond donors (Lipinski definition) is 2. The van der Waals surface area contributed by atoms with Crippen LogP contribution in [0.2, 0.25) is 0 Å². The maximum atomic E-state index is 12.8. The summed E-state index contributed by atoms with van der Waals surface area (Å²) < 4.78 is 23.1. The summed E-state index contributed by atoms with van der Waals surface area (Å²) in [6.45, 7) is 4.50. The predicted molar refractivity (Wildman–Crippen MR) is 256 cm³/mol. The first kappa shape index (κ1) is 58.5. The number of carbonyl (C=O) groups excluding carboxylic acids is 1. The van der Waals surface area contributed by atoms with Crippen molar-refractivity contribution in [2.45, 2.75) is 231 Å². The van der Waals surface area contributed by atoms with Crippen LogP contribution in [0.5, 0.6) is 0 Å². The minimum Gasteiger partial charge on any atom is -0.756 e. The van der Waals surface area contributed by atoms with Crippen molar-refractivity contribution in [1.82, 2.24) is 5.32 Å². The molecule has 0 saturated carbocycles. The van der Waals surface area contributed by atoms with Gasteiger partial charge in [-0.05, 0) is 57.8 Å². The van der Waals surface area contributed by atoms with Crippen LogP contribution >= 0.6 is 7.82 Å². The predicted octanol–water partition coefficient (Wildman–Crippen LogP) is 13.8. The Morgan fingerprint density at radius 3 is 1.50 bits per heavy atom. The molecule has 3 unspecified atom stereocenters. The zero-order valence-electron chi connectivity index (χ0n) is 39.9. The molecular formula is C51H97N2O6P. The Morgan fingerprint density at radius 2 is 1.02 bits per heavy atom. The maximum absolute atomic E-state index is 12.8. The molecule has 0 rings (SSSR count). The number of allylic oxidation sites excluding steroid dienone is 7. The second kappa shape index (κ2) is 42.7. The number of likely N-dealkylation sites (N-methyl/N-ethyl adjacent to an activating group) is 1. The van der Waals surface area contributed by atoms with Gasteiger partial charge < -0.3 is 28.8 Å². The standard InChI is InChI=1S/C51H97N2O6P/c1-6-8-10-12-14-15-16-17-18-19-20-21-22-23-24-25-26-27-28-29-30-31-32-33-34-35-36-37-39-41-43-45-51(55)52-49(50(54)44-42-40-38-13-11-9-7-2)48-59-60(56,57)58-47-46-53(3,4)5/h11,13,16-17,19-20,42,44,49-50,54H,6-10,12,14-15,18,21-41,43,45-48H2,1-5H3,(H-,52,55,56,57)/b13-11+,17-16-,20-19-,44-42+. The third-order valence-corrected chi connectivity index (χ3v) is 12.0. The van der Waals surface area contributed by atoms with Crippen molar-refractivity contribution in [2.75, 3.05) is 40.9 Å². The van der Waals surface area contributed by atoms with E-state index in [1.165, 1.54) is 148 Å². The Morgan fingerprint density at radius 1 is 0.583 bits per heavy atom. The molecule has 0 fully saturated rings. The van der Waals surface area contributed by atoms with Gasteiger partial charge in [0.1, 0.15) is 13.2 Å². The number of quaternary nitrogens is 1. The van der Waals surface area contributed by atoms with E-state index < -0.39 is 26.6 Å². The number of phosphoric acid groups is 1. The number of phosphoric ester groups is 1. The average molecular weight is 865 g/mol. The van der Waals surface area contributed by atoms with Gasteiger partial charge in [0.05, 0.1) is 39.9 Å². The highest BCUT2D eigenvalue weighted by Crippen LogP contribution is 2.38. The molecule has 0 heterocycles. The number of amides is 1. The smallest absolute Gasteiger partial charge is 0.268 e. The summed E-state index contributed by atoms with van der Waals surface area (Å²) in [5.41, 5.74) is 0. The first-order valence-corrected chi connectivity index (χ1v) is 26.5. The van der Waals surface area contributed by atoms with E-state index in [-0.39, 0.29) is 12.5 Å². The van der Waals surface area contributed by atoms with Gasteiger partial charge in [-0.2, -0.15) is 0 Å². The zero-order chi connectivity index (χ0) is 44.3. The van der Waals surface area contributed by atoms with Gasteiger partial charge in [0.25, 0.3) is 7.82 Å². The lowest BCUT2D eigenvalue weighted by Crippen LogP contribution is -2.45. The molecule has 352 valence electrons. The Bertz CT molecular complexity index is 1120. The largest absolute Gasteiger partial charge is 0.756 e. The minimum absolute atomic E-state index is 0.00692. The molecule has 9 heteroatoms. The van der Waals surface area contributed by atoms with Crippen LogP contribution in [0.4, 0.5) is 0 Å². The van der Waals surface area contributed by atoms with Gasteiger partial charge >= 0.3 is 0 Å². The molecule has 0 radical (unpaired) electrons. The van der Waals surface area contributed by atoms with Gasteiger partial charge in [-0.1, -0.05) is 204 Å². The molecule has 0 aliphatic carbocycles. The third-order valence-electron chi connectivity index (χ3n) is 11.0. The summed E-state index contributed by atoms with van der Waals surface area (Å²) in [5.74, 6) is -0.211. The second-order valence-corrected chi connectivity index (χ2v) is 19.6. The Kier molecular flexibility index (Phi) is 41.6. The number of nitrogens with zero attached hydrogens (tertiary/aromatic N) is 1. The number of rotatable bonds is 45. The first-order valence-electron chi connectivity index (χ1n) is 25.0. The maximum Gasteiger partial charge on any atom is 0.268 e. The third kappa shape index (κ3) is 44.5. The summed E-state index contributed by atoms with van der Waals surface area (Å²) in [6, 6.07) is -0.899. The molecule has 0 spiro atoms. The molecular weight excluding hydrogens is 768 g/mol. The first-order chi connectivity index (χ1) is 29.0. The lowest BCUT2D eigenvalue weighted by Gasteiger charge is -2.29. The number of aliphatic hydroxyl groups is 1. The van der Waals surface area contributed by atoms with Crippen LogP contribution in [0, 0.1) is 0 Å². The molecule has 0 aromatic rings. The molecule has 1 amide bonds. The van der Waals surface area contributed by atoms with Crippen molar-refractivity contribution in [1.29, 1.82) is 0 Å². The molecule has 0 aliphatic rings. The van der Waals surface area contributed by atoms with Crippen LogP contribution in [0.1, 0.15) is 219 Å². The van der Waals surface area contributed by atoms with Crippen LogP contribution in [-0.2, 0) is 18.4 Å². The summed E-state index contributed by atoms with van der Waals surface area (Å²) in [7, 11) is 1.24. The van der Waals surface area contributed by atoms with E-state index in [1.807, 2.05) is 27.2 Å². The minimum atomic E-state index is -4.59. The molecule has 3 atom stereocenters. The fourth-order valence-electron chi connectivity index (χ4n) is 7.03. The van der Waals surface area contributed by atoms with Crippen molar-refractivity contribution in [3.63, 3.8) is 0 Å². The molecule has 0 saturated heterocycles. The van der Waals surface area contributed by atoms with E-state index in [0.29, 0.717) is 17.4 Å². The lowest BCUT2D eigenvalue weighted by atomic mass is 10.0. The van der Waals surface area contributed by atoms with Crippen LogP contribution in [0.3, 0.4) is 0 Å². The van der Waals surface area contributed by atoms with Crippen molar-refractivity contribution >= 4 is 13.7 Å². The fourth-order valence-corrected chi connectivity index (χ4v) is 7.75. The van der Waals surface area contributed by atoms with Crippen LogP contribution in [0.25, 0.3) is 0 Å². The van der Waals surface area contributed by atoms with Crippen molar-refractivity contribution in [3.05, 3.63) is 48.6 Å². The summed E-state index contributed by atoms with van der Waals surface area (Å²) >= 11 is 0. The molecule has 2 N–H and O–H groups in total. The Labute approximate surface area is 371 Å². The SMILES string of the molecule is CCC/C=C/CC/C=C/C(O)C(COP(=O)([O-])OCC[N+](C)(C)C)NC(=O)CCCCCCCCCCCCCCCCCCCCC/C=C\C/C=C\CCCCCCC. The van der Waals surface area contributed by atoms with Gasteiger partial charge in [-0.3, -0.25) is 9.36 Å². The summed E-state index contributed by atoms with van der Waals surface area (Å²) in [4.78, 5) is 25.2. The summed E-state index contributed by atoms with van der Waals surface area (Å²) in [5, 5.41) is 13.6. The molecule has 0 aromatic carbocycles. The molecule has 0 bridgehead atoms.